The Kier molecular flexibility index (Phi) is 7.89. The molecule has 3 rings (SSSR count). The Morgan fingerprint density at radius 2 is 1.53 bits per heavy atom. The number of hydrogen-bond donors (Lipinski definition) is 1. The lowest BCUT2D eigenvalue weighted by atomic mass is 9.92. The van der Waals surface area contributed by atoms with E-state index in [4.69, 9.17) is 9.47 Å². The van der Waals surface area contributed by atoms with E-state index in [1.807, 2.05) is 38.1 Å². The molecule has 1 atom stereocenters. The molecule has 0 fully saturated rings. The minimum atomic E-state index is -3.11. The highest BCUT2D eigenvalue weighted by atomic mass is 31.2. The van der Waals surface area contributed by atoms with Crippen molar-refractivity contribution in [2.45, 2.75) is 32.9 Å². The summed E-state index contributed by atoms with van der Waals surface area (Å²) in [5.74, 6) is 0.485. The molecule has 0 spiro atoms. The average molecular weight is 456 g/mol. The minimum Gasteiger partial charge on any atom is -0.467 e. The summed E-state index contributed by atoms with van der Waals surface area (Å²) in [6.07, 6.45) is 1.54. The van der Waals surface area contributed by atoms with Crippen LogP contribution in [0.25, 0.3) is 0 Å². The summed E-state index contributed by atoms with van der Waals surface area (Å²) >= 11 is 0. The van der Waals surface area contributed by atoms with E-state index < -0.39 is 7.37 Å². The first kappa shape index (κ1) is 24.2. The van der Waals surface area contributed by atoms with Gasteiger partial charge in [0, 0.05) is 26.4 Å². The zero-order valence-corrected chi connectivity index (χ0v) is 19.9. The standard InChI is InChI=1S/C26H30FO4P/c1-18-11-22(16-32(4,28)29)12-19(2)25(18)15-21-7-10-26(31-17-30-3)23(14-21)13-20-5-8-24(27)9-6-20/h5-12,14H,13,15-17H2,1-4H3,(H,28,29). The lowest BCUT2D eigenvalue weighted by Gasteiger charge is -2.16. The zero-order valence-electron chi connectivity index (χ0n) is 19.0. The van der Waals surface area contributed by atoms with E-state index in [1.54, 1.807) is 19.2 Å². The number of aryl methyl sites for hydroxylation is 2. The summed E-state index contributed by atoms with van der Waals surface area (Å²) in [6, 6.07) is 16.6. The van der Waals surface area contributed by atoms with Crippen LogP contribution in [0.1, 0.15) is 38.9 Å². The monoisotopic (exact) mass is 456 g/mol. The molecular weight excluding hydrogens is 426 g/mol. The molecular formula is C26H30FO4P. The second-order valence-corrected chi connectivity index (χ2v) is 10.8. The maximum Gasteiger partial charge on any atom is 0.201 e. The van der Waals surface area contributed by atoms with Gasteiger partial charge in [0.1, 0.15) is 11.6 Å². The van der Waals surface area contributed by atoms with E-state index >= 15 is 0 Å². The molecule has 3 aromatic rings. The normalized spacial score (nSPS) is 13.1. The molecule has 0 heterocycles. The van der Waals surface area contributed by atoms with Gasteiger partial charge >= 0.3 is 0 Å². The molecule has 170 valence electrons. The molecule has 1 unspecified atom stereocenters. The average Bonchev–Trinajstić information content (AvgIpc) is 2.70. The number of halogens is 1. The van der Waals surface area contributed by atoms with Gasteiger partial charge in [-0.05, 0) is 77.4 Å². The fourth-order valence-electron chi connectivity index (χ4n) is 3.96. The largest absolute Gasteiger partial charge is 0.467 e. The quantitative estimate of drug-likeness (QED) is 0.317. The van der Waals surface area contributed by atoms with Crippen LogP contribution in [0.15, 0.2) is 54.6 Å². The molecule has 0 saturated carbocycles. The van der Waals surface area contributed by atoms with Gasteiger partial charge in [-0.1, -0.05) is 36.4 Å². The molecule has 1 N–H and O–H groups in total. The fourth-order valence-corrected chi connectivity index (χ4v) is 4.82. The summed E-state index contributed by atoms with van der Waals surface area (Å²) in [4.78, 5) is 9.73. The van der Waals surface area contributed by atoms with Gasteiger partial charge in [0.15, 0.2) is 6.79 Å². The van der Waals surface area contributed by atoms with E-state index in [0.717, 1.165) is 45.6 Å². The fraction of sp³-hybridized carbons (Fsp3) is 0.308. The topological polar surface area (TPSA) is 55.8 Å². The Morgan fingerprint density at radius 1 is 0.906 bits per heavy atom. The number of ether oxygens (including phenoxy) is 2. The van der Waals surface area contributed by atoms with Crippen molar-refractivity contribution in [2.24, 2.45) is 0 Å². The molecule has 0 bridgehead atoms. The van der Waals surface area contributed by atoms with Crippen LogP contribution in [0.2, 0.25) is 0 Å². The summed E-state index contributed by atoms with van der Waals surface area (Å²) < 4.78 is 35.9. The van der Waals surface area contributed by atoms with Gasteiger partial charge in [-0.25, -0.2) is 4.39 Å². The Hall–Kier alpha value is -2.46. The number of benzene rings is 3. The maximum absolute atomic E-state index is 13.3. The Balaban J connectivity index is 1.89. The summed E-state index contributed by atoms with van der Waals surface area (Å²) in [5, 5.41) is 0. The van der Waals surface area contributed by atoms with Crippen molar-refractivity contribution in [3.05, 3.63) is 99.4 Å². The smallest absolute Gasteiger partial charge is 0.201 e. The lowest BCUT2D eigenvalue weighted by Crippen LogP contribution is -2.04. The van der Waals surface area contributed by atoms with Crippen molar-refractivity contribution in [2.75, 3.05) is 20.6 Å². The molecule has 6 heteroatoms. The van der Waals surface area contributed by atoms with Crippen molar-refractivity contribution in [3.63, 3.8) is 0 Å². The molecule has 0 aromatic heterocycles. The predicted octanol–water partition coefficient (Wildman–Crippen LogP) is 6.01. The lowest BCUT2D eigenvalue weighted by molar-refractivity contribution is 0.0505. The number of rotatable bonds is 9. The third kappa shape index (κ3) is 6.77. The molecule has 0 saturated heterocycles. The zero-order chi connectivity index (χ0) is 23.3. The highest BCUT2D eigenvalue weighted by molar-refractivity contribution is 7.56. The molecule has 0 radical (unpaired) electrons. The summed E-state index contributed by atoms with van der Waals surface area (Å²) in [5.41, 5.74) is 7.43. The first-order chi connectivity index (χ1) is 15.1. The molecule has 0 amide bonds. The Bertz CT molecular complexity index is 1100. The van der Waals surface area contributed by atoms with E-state index in [0.29, 0.717) is 6.42 Å². The van der Waals surface area contributed by atoms with Gasteiger partial charge in [0.25, 0.3) is 0 Å². The first-order valence-electron chi connectivity index (χ1n) is 10.5. The SMILES string of the molecule is COCOc1ccc(Cc2c(C)cc(CP(C)(=O)O)cc2C)cc1Cc1ccc(F)cc1. The van der Waals surface area contributed by atoms with Crippen molar-refractivity contribution >= 4 is 7.37 Å². The predicted molar refractivity (Wildman–Crippen MR) is 126 cm³/mol. The van der Waals surface area contributed by atoms with Crippen LogP contribution in [0, 0.1) is 19.7 Å². The van der Waals surface area contributed by atoms with Gasteiger partial charge < -0.3 is 14.4 Å². The Labute approximate surface area is 189 Å². The van der Waals surface area contributed by atoms with E-state index in [-0.39, 0.29) is 18.8 Å². The maximum atomic E-state index is 13.3. The van der Waals surface area contributed by atoms with Crippen LogP contribution in [-0.4, -0.2) is 25.5 Å². The van der Waals surface area contributed by atoms with Crippen LogP contribution in [0.4, 0.5) is 4.39 Å². The van der Waals surface area contributed by atoms with Crippen molar-refractivity contribution in [3.8, 4) is 5.75 Å². The molecule has 0 aliphatic heterocycles. The molecule has 0 aliphatic carbocycles. The van der Waals surface area contributed by atoms with Crippen LogP contribution in [0.3, 0.4) is 0 Å². The van der Waals surface area contributed by atoms with Crippen LogP contribution < -0.4 is 4.74 Å². The van der Waals surface area contributed by atoms with Crippen molar-refractivity contribution < 1.29 is 23.3 Å². The summed E-state index contributed by atoms with van der Waals surface area (Å²) in [7, 11) is -1.53. The van der Waals surface area contributed by atoms with E-state index in [2.05, 4.69) is 6.07 Å². The van der Waals surface area contributed by atoms with Crippen molar-refractivity contribution in [1.82, 2.24) is 0 Å². The van der Waals surface area contributed by atoms with Gasteiger partial charge in [-0.15, -0.1) is 0 Å². The van der Waals surface area contributed by atoms with E-state index in [9.17, 15) is 13.8 Å². The summed E-state index contributed by atoms with van der Waals surface area (Å²) in [6.45, 7) is 5.63. The Morgan fingerprint density at radius 3 is 2.12 bits per heavy atom. The highest BCUT2D eigenvalue weighted by Gasteiger charge is 2.14. The second kappa shape index (κ2) is 10.4. The third-order valence-corrected chi connectivity index (χ3v) is 6.33. The second-order valence-electron chi connectivity index (χ2n) is 8.39. The van der Waals surface area contributed by atoms with Gasteiger partial charge in [0.2, 0.25) is 7.37 Å². The van der Waals surface area contributed by atoms with Crippen LogP contribution in [0.5, 0.6) is 5.75 Å². The number of methoxy groups -OCH3 is 1. The number of hydrogen-bond acceptors (Lipinski definition) is 3. The van der Waals surface area contributed by atoms with Gasteiger partial charge in [-0.3, -0.25) is 4.57 Å². The highest BCUT2D eigenvalue weighted by Crippen LogP contribution is 2.40. The van der Waals surface area contributed by atoms with Gasteiger partial charge in [0.05, 0.1) is 0 Å². The van der Waals surface area contributed by atoms with Gasteiger partial charge in [-0.2, -0.15) is 0 Å². The van der Waals surface area contributed by atoms with Crippen molar-refractivity contribution in [1.29, 1.82) is 0 Å². The van der Waals surface area contributed by atoms with Crippen LogP contribution >= 0.6 is 7.37 Å². The third-order valence-electron chi connectivity index (χ3n) is 5.38. The first-order valence-corrected chi connectivity index (χ1v) is 12.8. The minimum absolute atomic E-state index is 0.154. The molecule has 0 aliphatic rings. The van der Waals surface area contributed by atoms with E-state index in [1.165, 1.54) is 24.4 Å². The molecule has 4 nitrogen and oxygen atoms in total. The molecule has 32 heavy (non-hydrogen) atoms. The molecule has 3 aromatic carbocycles. The van der Waals surface area contributed by atoms with Crippen LogP contribution in [-0.2, 0) is 28.3 Å².